The minimum Gasteiger partial charge on any atom is -0.256 e. The first-order chi connectivity index (χ1) is 13.7. The van der Waals surface area contributed by atoms with Crippen molar-refractivity contribution in [2.45, 2.75) is 0 Å². The normalized spacial score (nSPS) is 11.2. The van der Waals surface area contributed by atoms with Crippen LogP contribution in [0.2, 0.25) is 5.02 Å². The van der Waals surface area contributed by atoms with E-state index < -0.39 is 0 Å². The average molecular weight is 383 g/mol. The number of benzene rings is 2. The molecule has 0 N–H and O–H groups in total. The van der Waals surface area contributed by atoms with Crippen molar-refractivity contribution in [3.05, 3.63) is 101 Å². The van der Waals surface area contributed by atoms with Crippen molar-refractivity contribution >= 4 is 23.3 Å². The topological polar surface area (TPSA) is 54.5 Å². The lowest BCUT2D eigenvalue weighted by Crippen LogP contribution is -1.93. The van der Waals surface area contributed by atoms with Crippen molar-refractivity contribution in [2.75, 3.05) is 0 Å². The van der Waals surface area contributed by atoms with Gasteiger partial charge in [0.05, 0.1) is 17.0 Å². The molecular weight excluding hydrogens is 368 g/mol. The highest BCUT2D eigenvalue weighted by molar-refractivity contribution is 6.30. The number of aromatic nitrogens is 3. The summed E-state index contributed by atoms with van der Waals surface area (Å²) in [7, 11) is 0. The molecule has 2 aromatic heterocycles. The highest BCUT2D eigenvalue weighted by atomic mass is 35.5. The lowest BCUT2D eigenvalue weighted by Gasteiger charge is -2.01. The Labute approximate surface area is 168 Å². The van der Waals surface area contributed by atoms with Crippen LogP contribution in [0, 0.1) is 11.3 Å². The molecule has 134 valence electrons. The summed E-state index contributed by atoms with van der Waals surface area (Å²) in [5, 5.41) is 15.1. The first kappa shape index (κ1) is 17.7. The second-order valence-electron chi connectivity index (χ2n) is 6.11. The number of halogens is 1. The molecule has 0 aliphatic heterocycles. The van der Waals surface area contributed by atoms with Crippen LogP contribution in [0.25, 0.3) is 28.6 Å². The zero-order valence-electron chi connectivity index (χ0n) is 14.8. The van der Waals surface area contributed by atoms with Crippen LogP contribution >= 0.6 is 11.6 Å². The van der Waals surface area contributed by atoms with Crippen molar-refractivity contribution in [2.24, 2.45) is 0 Å². The number of pyridine rings is 1. The van der Waals surface area contributed by atoms with Crippen LogP contribution in [0.4, 0.5) is 0 Å². The van der Waals surface area contributed by atoms with E-state index in [1.54, 1.807) is 10.9 Å². The van der Waals surface area contributed by atoms with Gasteiger partial charge in [-0.05, 0) is 42.5 Å². The van der Waals surface area contributed by atoms with E-state index in [9.17, 15) is 5.26 Å². The molecular formula is C23H15ClN4. The van der Waals surface area contributed by atoms with Crippen molar-refractivity contribution in [1.82, 2.24) is 14.8 Å². The van der Waals surface area contributed by atoms with Gasteiger partial charge in [0, 0.05) is 28.5 Å². The Balaban J connectivity index is 1.89. The lowest BCUT2D eigenvalue weighted by molar-refractivity contribution is 0.884. The van der Waals surface area contributed by atoms with E-state index in [0.717, 1.165) is 22.5 Å². The van der Waals surface area contributed by atoms with Gasteiger partial charge in [-0.3, -0.25) is 4.98 Å². The molecule has 0 saturated heterocycles. The molecule has 0 spiro atoms. The fourth-order valence-corrected chi connectivity index (χ4v) is 3.10. The van der Waals surface area contributed by atoms with Gasteiger partial charge in [0.2, 0.25) is 0 Å². The summed E-state index contributed by atoms with van der Waals surface area (Å²) in [5.74, 6) is 0. The minimum absolute atomic E-state index is 0.469. The maximum absolute atomic E-state index is 9.66. The summed E-state index contributed by atoms with van der Waals surface area (Å²) in [6, 6.07) is 25.1. The minimum atomic E-state index is 0.469. The molecule has 0 aliphatic carbocycles. The lowest BCUT2D eigenvalue weighted by atomic mass is 10.0. The van der Waals surface area contributed by atoms with Crippen LogP contribution in [0.5, 0.6) is 0 Å². The van der Waals surface area contributed by atoms with Gasteiger partial charge in [-0.15, -0.1) is 0 Å². The summed E-state index contributed by atoms with van der Waals surface area (Å²) in [4.78, 5) is 4.29. The molecule has 2 heterocycles. The Morgan fingerprint density at radius 1 is 1.00 bits per heavy atom. The Bertz CT molecular complexity index is 1170. The van der Waals surface area contributed by atoms with E-state index >= 15 is 0 Å². The molecule has 0 saturated carbocycles. The first-order valence-electron chi connectivity index (χ1n) is 8.69. The van der Waals surface area contributed by atoms with E-state index in [-0.39, 0.29) is 0 Å². The van der Waals surface area contributed by atoms with Gasteiger partial charge in [0.1, 0.15) is 11.8 Å². The van der Waals surface area contributed by atoms with Gasteiger partial charge in [0.15, 0.2) is 0 Å². The Kier molecular flexibility index (Phi) is 5.01. The zero-order chi connectivity index (χ0) is 19.3. The molecule has 0 bridgehead atoms. The standard InChI is InChI=1S/C23H15ClN4/c24-20-8-6-7-17(14-20)23-19(13-18(15-25)22-11-4-5-12-26-22)16-28(27-23)21-9-2-1-3-10-21/h1-14,16H/b18-13+. The summed E-state index contributed by atoms with van der Waals surface area (Å²) >= 11 is 6.19. The predicted molar refractivity (Wildman–Crippen MR) is 112 cm³/mol. The first-order valence-corrected chi connectivity index (χ1v) is 9.06. The van der Waals surface area contributed by atoms with Crippen LogP contribution in [0.1, 0.15) is 11.3 Å². The highest BCUT2D eigenvalue weighted by Gasteiger charge is 2.13. The number of nitriles is 1. The highest BCUT2D eigenvalue weighted by Crippen LogP contribution is 2.29. The molecule has 4 nitrogen and oxygen atoms in total. The van der Waals surface area contributed by atoms with Gasteiger partial charge in [-0.25, -0.2) is 4.68 Å². The molecule has 4 rings (SSSR count). The smallest absolute Gasteiger partial charge is 0.101 e. The number of nitrogens with zero attached hydrogens (tertiary/aromatic N) is 4. The number of rotatable bonds is 4. The monoisotopic (exact) mass is 382 g/mol. The molecule has 0 amide bonds. The largest absolute Gasteiger partial charge is 0.256 e. The average Bonchev–Trinajstić information content (AvgIpc) is 3.17. The van der Waals surface area contributed by atoms with Crippen LogP contribution in [0.3, 0.4) is 0 Å². The number of hydrogen-bond acceptors (Lipinski definition) is 3. The fraction of sp³-hybridized carbons (Fsp3) is 0. The number of allylic oxidation sites excluding steroid dienone is 1. The van der Waals surface area contributed by atoms with Crippen LogP contribution in [-0.2, 0) is 0 Å². The van der Waals surface area contributed by atoms with Gasteiger partial charge in [-0.1, -0.05) is 48.0 Å². The van der Waals surface area contributed by atoms with Crippen molar-refractivity contribution in [3.63, 3.8) is 0 Å². The molecule has 5 heteroatoms. The van der Waals surface area contributed by atoms with Crippen molar-refractivity contribution in [3.8, 4) is 23.0 Å². The van der Waals surface area contributed by atoms with Crippen LogP contribution in [-0.4, -0.2) is 14.8 Å². The molecule has 28 heavy (non-hydrogen) atoms. The molecule has 0 radical (unpaired) electrons. The fourth-order valence-electron chi connectivity index (χ4n) is 2.91. The summed E-state index contributed by atoms with van der Waals surface area (Å²) in [6.45, 7) is 0. The van der Waals surface area contributed by atoms with Crippen LogP contribution < -0.4 is 0 Å². The molecule has 4 aromatic rings. The number of para-hydroxylation sites is 1. The second kappa shape index (κ2) is 7.91. The van der Waals surface area contributed by atoms with Gasteiger partial charge in [0.25, 0.3) is 0 Å². The van der Waals surface area contributed by atoms with E-state index in [1.807, 2.05) is 85.1 Å². The maximum Gasteiger partial charge on any atom is 0.101 e. The zero-order valence-corrected chi connectivity index (χ0v) is 15.6. The Hall–Kier alpha value is -3.68. The summed E-state index contributed by atoms with van der Waals surface area (Å²) in [5.41, 5.74) is 4.46. The third kappa shape index (κ3) is 3.71. The van der Waals surface area contributed by atoms with Crippen molar-refractivity contribution in [1.29, 1.82) is 5.26 Å². The SMILES string of the molecule is N#C/C(=C\c1cn(-c2ccccc2)nc1-c1cccc(Cl)c1)c1ccccn1. The number of hydrogen-bond donors (Lipinski definition) is 0. The third-order valence-corrected chi connectivity index (χ3v) is 4.46. The Morgan fingerprint density at radius 3 is 2.54 bits per heavy atom. The molecule has 0 atom stereocenters. The summed E-state index contributed by atoms with van der Waals surface area (Å²) < 4.78 is 1.80. The Morgan fingerprint density at radius 2 is 1.82 bits per heavy atom. The quantitative estimate of drug-likeness (QED) is 0.428. The van der Waals surface area contributed by atoms with E-state index in [0.29, 0.717) is 16.3 Å². The summed E-state index contributed by atoms with van der Waals surface area (Å²) in [6.07, 6.45) is 5.39. The third-order valence-electron chi connectivity index (χ3n) is 4.22. The molecule has 0 fully saturated rings. The van der Waals surface area contributed by atoms with E-state index in [4.69, 9.17) is 16.7 Å². The van der Waals surface area contributed by atoms with E-state index in [2.05, 4.69) is 11.1 Å². The van der Waals surface area contributed by atoms with Crippen molar-refractivity contribution < 1.29 is 0 Å². The second-order valence-corrected chi connectivity index (χ2v) is 6.54. The van der Waals surface area contributed by atoms with Crippen LogP contribution in [0.15, 0.2) is 85.2 Å². The van der Waals surface area contributed by atoms with E-state index in [1.165, 1.54) is 0 Å². The van der Waals surface area contributed by atoms with Gasteiger partial charge < -0.3 is 0 Å². The van der Waals surface area contributed by atoms with Gasteiger partial charge >= 0.3 is 0 Å². The molecule has 2 aromatic carbocycles. The molecule has 0 aliphatic rings. The molecule has 0 unspecified atom stereocenters. The predicted octanol–water partition coefficient (Wildman–Crippen LogP) is 5.65. The van der Waals surface area contributed by atoms with Gasteiger partial charge in [-0.2, -0.15) is 10.4 Å². The maximum atomic E-state index is 9.66.